The summed E-state index contributed by atoms with van der Waals surface area (Å²) in [6.45, 7) is 4.76. The monoisotopic (exact) mass is 371 g/mol. The number of quaternary nitrogens is 1. The lowest BCUT2D eigenvalue weighted by Crippen LogP contribution is -3.12. The molecule has 0 atom stereocenters. The Kier molecular flexibility index (Phi) is 5.70. The third kappa shape index (κ3) is 4.08. The van der Waals surface area contributed by atoms with Crippen molar-refractivity contribution in [2.75, 3.05) is 27.2 Å². The highest BCUT2D eigenvalue weighted by Gasteiger charge is 2.44. The third-order valence-electron chi connectivity index (χ3n) is 5.49. The number of hydrogen-bond donors (Lipinski definition) is 1. The first-order valence-corrected chi connectivity index (χ1v) is 9.39. The van der Waals surface area contributed by atoms with Crippen LogP contribution in [0.2, 0.25) is 0 Å². The molecule has 7 heteroatoms. The minimum absolute atomic E-state index is 0.123. The largest absolute Gasteiger partial charge is 0.332 e. The van der Waals surface area contributed by atoms with Gasteiger partial charge in [0.1, 0.15) is 6.54 Å². The van der Waals surface area contributed by atoms with E-state index < -0.39 is 23.8 Å². The zero-order valence-electron chi connectivity index (χ0n) is 16.1. The smallest absolute Gasteiger partial charge is 0.331 e. The van der Waals surface area contributed by atoms with Gasteiger partial charge in [-0.15, -0.1) is 0 Å². The van der Waals surface area contributed by atoms with E-state index in [4.69, 9.17) is 4.99 Å². The van der Waals surface area contributed by atoms with Gasteiger partial charge in [-0.05, 0) is 6.92 Å². The van der Waals surface area contributed by atoms with Gasteiger partial charge in [0, 0.05) is 38.2 Å². The highest BCUT2D eigenvalue weighted by Crippen LogP contribution is 2.18. The Balaban J connectivity index is 1.61. The van der Waals surface area contributed by atoms with Gasteiger partial charge in [-0.3, -0.25) is 24.4 Å². The van der Waals surface area contributed by atoms with Crippen molar-refractivity contribution in [1.82, 2.24) is 9.80 Å². The number of barbiturate groups is 1. The van der Waals surface area contributed by atoms with Gasteiger partial charge in [-0.1, -0.05) is 30.3 Å². The van der Waals surface area contributed by atoms with Crippen LogP contribution in [0.5, 0.6) is 0 Å². The molecule has 2 aliphatic heterocycles. The second kappa shape index (κ2) is 8.00. The van der Waals surface area contributed by atoms with E-state index in [1.54, 1.807) is 6.92 Å². The molecule has 7 nitrogen and oxygen atoms in total. The van der Waals surface area contributed by atoms with Crippen LogP contribution in [0.1, 0.15) is 25.3 Å². The summed E-state index contributed by atoms with van der Waals surface area (Å²) < 4.78 is 0. The third-order valence-corrected chi connectivity index (χ3v) is 5.49. The van der Waals surface area contributed by atoms with E-state index in [2.05, 4.69) is 24.3 Å². The molecule has 3 rings (SSSR count). The molecule has 0 radical (unpaired) electrons. The van der Waals surface area contributed by atoms with Crippen LogP contribution in [-0.2, 0) is 16.1 Å². The standard InChI is InChI=1S/C20H26N4O3/c1-14(17-18(25)22(2)20(27)23(3)19(17)26)21-16-9-11-24(12-10-16)13-15-7-5-4-6-8-15/h4-8,16-17H,9-13H2,1-3H3/p+1. The SMILES string of the molecule is CC(=NC1CC[NH+](Cc2ccccc2)CC1)C1C(=O)N(C)C(=O)N(C)C1=O. The lowest BCUT2D eigenvalue weighted by molar-refractivity contribution is -0.918. The maximum Gasteiger partial charge on any atom is 0.332 e. The molecule has 1 aromatic carbocycles. The van der Waals surface area contributed by atoms with Crippen LogP contribution in [0.4, 0.5) is 4.79 Å². The van der Waals surface area contributed by atoms with Crippen molar-refractivity contribution in [2.24, 2.45) is 10.9 Å². The molecular formula is C20H27N4O3+. The summed E-state index contributed by atoms with van der Waals surface area (Å²) in [4.78, 5) is 44.9. The summed E-state index contributed by atoms with van der Waals surface area (Å²) in [5.74, 6) is -1.96. The molecule has 4 amide bonds. The number of benzene rings is 1. The van der Waals surface area contributed by atoms with Gasteiger partial charge in [0.15, 0.2) is 5.92 Å². The average Bonchev–Trinajstić information content (AvgIpc) is 2.67. The van der Waals surface area contributed by atoms with Gasteiger partial charge in [-0.2, -0.15) is 0 Å². The molecule has 0 saturated carbocycles. The zero-order chi connectivity index (χ0) is 19.6. The second-order valence-electron chi connectivity index (χ2n) is 7.42. The summed E-state index contributed by atoms with van der Waals surface area (Å²) in [6, 6.07) is 9.98. The number of piperidine rings is 1. The molecule has 2 aliphatic rings. The number of urea groups is 1. The average molecular weight is 371 g/mol. The molecule has 0 unspecified atom stereocenters. The highest BCUT2D eigenvalue weighted by atomic mass is 16.2. The Labute approximate surface area is 159 Å². The van der Waals surface area contributed by atoms with Crippen molar-refractivity contribution in [3.8, 4) is 0 Å². The van der Waals surface area contributed by atoms with Crippen molar-refractivity contribution in [1.29, 1.82) is 0 Å². The number of nitrogens with one attached hydrogen (secondary N) is 1. The van der Waals surface area contributed by atoms with Gasteiger partial charge in [0.2, 0.25) is 11.8 Å². The van der Waals surface area contributed by atoms with E-state index in [9.17, 15) is 14.4 Å². The molecule has 27 heavy (non-hydrogen) atoms. The first-order chi connectivity index (χ1) is 12.9. The predicted octanol–water partition coefficient (Wildman–Crippen LogP) is 0.361. The van der Waals surface area contributed by atoms with Crippen LogP contribution >= 0.6 is 0 Å². The number of carbonyl (C=O) groups excluding carboxylic acids is 3. The molecule has 0 aliphatic carbocycles. The lowest BCUT2D eigenvalue weighted by atomic mass is 9.97. The molecule has 2 saturated heterocycles. The van der Waals surface area contributed by atoms with E-state index >= 15 is 0 Å². The van der Waals surface area contributed by atoms with Crippen LogP contribution in [0.3, 0.4) is 0 Å². The summed E-state index contributed by atoms with van der Waals surface area (Å²) in [7, 11) is 2.80. The number of nitrogens with zero attached hydrogens (tertiary/aromatic N) is 3. The number of amides is 4. The molecule has 2 heterocycles. The van der Waals surface area contributed by atoms with Crippen molar-refractivity contribution >= 4 is 23.6 Å². The molecular weight excluding hydrogens is 344 g/mol. The minimum atomic E-state index is -0.979. The van der Waals surface area contributed by atoms with Crippen LogP contribution in [-0.4, -0.2) is 66.6 Å². The Bertz CT molecular complexity index is 730. The quantitative estimate of drug-likeness (QED) is 0.614. The number of imide groups is 2. The number of carbonyl (C=O) groups is 3. The molecule has 1 aromatic rings. The Morgan fingerprint density at radius 2 is 1.59 bits per heavy atom. The fourth-order valence-electron chi connectivity index (χ4n) is 3.83. The summed E-state index contributed by atoms with van der Waals surface area (Å²) in [5.41, 5.74) is 1.84. The Hall–Kier alpha value is -2.54. The van der Waals surface area contributed by atoms with E-state index in [1.807, 2.05) is 6.07 Å². The number of aliphatic imine (C=N–C) groups is 1. The summed E-state index contributed by atoms with van der Waals surface area (Å²) in [5, 5.41) is 0. The Morgan fingerprint density at radius 1 is 1.04 bits per heavy atom. The lowest BCUT2D eigenvalue weighted by Gasteiger charge is -2.33. The first kappa shape index (κ1) is 19.2. The normalized spacial score (nSPS) is 25.3. The van der Waals surface area contributed by atoms with Crippen LogP contribution in [0.25, 0.3) is 0 Å². The summed E-state index contributed by atoms with van der Waals surface area (Å²) >= 11 is 0. The van der Waals surface area contributed by atoms with E-state index in [0.717, 1.165) is 42.3 Å². The second-order valence-corrected chi connectivity index (χ2v) is 7.42. The maximum absolute atomic E-state index is 12.4. The Morgan fingerprint density at radius 3 is 2.15 bits per heavy atom. The summed E-state index contributed by atoms with van der Waals surface area (Å²) in [6.07, 6.45) is 1.86. The van der Waals surface area contributed by atoms with Crippen molar-refractivity contribution in [3.63, 3.8) is 0 Å². The number of likely N-dealkylation sites (tertiary alicyclic amines) is 1. The van der Waals surface area contributed by atoms with E-state index in [1.165, 1.54) is 24.6 Å². The molecule has 1 N–H and O–H groups in total. The first-order valence-electron chi connectivity index (χ1n) is 9.39. The minimum Gasteiger partial charge on any atom is -0.331 e. The van der Waals surface area contributed by atoms with Crippen LogP contribution in [0, 0.1) is 5.92 Å². The van der Waals surface area contributed by atoms with Gasteiger partial charge in [-0.25, -0.2) is 4.79 Å². The highest BCUT2D eigenvalue weighted by molar-refractivity contribution is 6.26. The van der Waals surface area contributed by atoms with Crippen LogP contribution < -0.4 is 4.90 Å². The predicted molar refractivity (Wildman–Crippen MR) is 101 cm³/mol. The van der Waals surface area contributed by atoms with Gasteiger partial charge in [0.05, 0.1) is 19.1 Å². The molecule has 0 spiro atoms. The number of hydrogen-bond acceptors (Lipinski definition) is 4. The van der Waals surface area contributed by atoms with Gasteiger partial charge in [0.25, 0.3) is 0 Å². The molecule has 2 fully saturated rings. The van der Waals surface area contributed by atoms with Gasteiger partial charge < -0.3 is 4.90 Å². The van der Waals surface area contributed by atoms with Crippen LogP contribution in [0.15, 0.2) is 35.3 Å². The maximum atomic E-state index is 12.4. The van der Waals surface area contributed by atoms with Crippen molar-refractivity contribution in [3.05, 3.63) is 35.9 Å². The fraction of sp³-hybridized carbons (Fsp3) is 0.500. The van der Waals surface area contributed by atoms with Crippen molar-refractivity contribution < 1.29 is 19.3 Å². The molecule has 144 valence electrons. The van der Waals surface area contributed by atoms with E-state index in [0.29, 0.717) is 5.71 Å². The fourth-order valence-corrected chi connectivity index (χ4v) is 3.83. The zero-order valence-corrected chi connectivity index (χ0v) is 16.1. The van der Waals surface area contributed by atoms with Crippen molar-refractivity contribution in [2.45, 2.75) is 32.4 Å². The van der Waals surface area contributed by atoms with Gasteiger partial charge >= 0.3 is 6.03 Å². The number of rotatable bonds is 4. The van der Waals surface area contributed by atoms with E-state index in [-0.39, 0.29) is 6.04 Å². The molecule has 0 aromatic heterocycles. The molecule has 0 bridgehead atoms. The topological polar surface area (TPSA) is 74.5 Å².